The van der Waals surface area contributed by atoms with Gasteiger partial charge in [0.2, 0.25) is 0 Å². The number of aromatic nitrogens is 1. The second-order valence-electron chi connectivity index (χ2n) is 8.09. The lowest BCUT2D eigenvalue weighted by molar-refractivity contribution is -0.138. The SMILES string of the molecule is CCN(CCc1ccncc1)C1=C(c2ccc(OC)c(OC)c2)C(=O)N(CC(C)C)C1=O. The largest absolute Gasteiger partial charge is 0.493 e. The minimum absolute atomic E-state index is 0.167. The molecule has 0 bridgehead atoms. The number of carbonyl (C=O) groups excluding carboxylic acids is 2. The highest BCUT2D eigenvalue weighted by molar-refractivity contribution is 6.35. The molecule has 0 N–H and O–H groups in total. The third-order valence-electron chi connectivity index (χ3n) is 5.48. The van der Waals surface area contributed by atoms with Gasteiger partial charge in [0.1, 0.15) is 5.70 Å². The van der Waals surface area contributed by atoms with Crippen molar-refractivity contribution in [1.29, 1.82) is 0 Å². The van der Waals surface area contributed by atoms with Gasteiger partial charge in [0.25, 0.3) is 11.8 Å². The van der Waals surface area contributed by atoms with E-state index in [-0.39, 0.29) is 17.7 Å². The van der Waals surface area contributed by atoms with Crippen LogP contribution in [0.5, 0.6) is 11.5 Å². The van der Waals surface area contributed by atoms with Crippen LogP contribution in [0.3, 0.4) is 0 Å². The molecule has 0 saturated heterocycles. The normalized spacial score (nSPS) is 13.9. The van der Waals surface area contributed by atoms with Crippen LogP contribution in [0.15, 0.2) is 48.4 Å². The zero-order valence-electron chi connectivity index (χ0n) is 19.4. The molecule has 1 aliphatic heterocycles. The summed E-state index contributed by atoms with van der Waals surface area (Å²) in [5.41, 5.74) is 2.62. The van der Waals surface area contributed by atoms with Crippen LogP contribution in [-0.4, -0.2) is 60.5 Å². The number of pyridine rings is 1. The highest BCUT2D eigenvalue weighted by Gasteiger charge is 2.41. The molecule has 7 heteroatoms. The maximum absolute atomic E-state index is 13.5. The number of hydrogen-bond donors (Lipinski definition) is 0. The molecule has 3 rings (SSSR count). The molecular formula is C25H31N3O4. The van der Waals surface area contributed by atoms with E-state index in [4.69, 9.17) is 9.47 Å². The van der Waals surface area contributed by atoms with Gasteiger partial charge in [0, 0.05) is 32.0 Å². The van der Waals surface area contributed by atoms with Gasteiger partial charge in [-0.15, -0.1) is 0 Å². The third kappa shape index (κ3) is 4.77. The van der Waals surface area contributed by atoms with E-state index in [1.165, 1.54) is 4.90 Å². The van der Waals surface area contributed by atoms with Gasteiger partial charge < -0.3 is 14.4 Å². The molecule has 170 valence electrons. The van der Waals surface area contributed by atoms with E-state index in [0.717, 1.165) is 12.0 Å². The lowest BCUT2D eigenvalue weighted by Crippen LogP contribution is -2.38. The van der Waals surface area contributed by atoms with Crippen molar-refractivity contribution in [2.45, 2.75) is 27.2 Å². The number of rotatable bonds is 10. The molecule has 1 aliphatic rings. The van der Waals surface area contributed by atoms with E-state index < -0.39 is 0 Å². The van der Waals surface area contributed by atoms with Crippen molar-refractivity contribution in [1.82, 2.24) is 14.8 Å². The molecule has 2 aromatic rings. The summed E-state index contributed by atoms with van der Waals surface area (Å²) in [6.07, 6.45) is 4.26. The Balaban J connectivity index is 2.05. The number of likely N-dealkylation sites (N-methyl/N-ethyl adjacent to an activating group) is 1. The zero-order valence-corrected chi connectivity index (χ0v) is 19.4. The summed E-state index contributed by atoms with van der Waals surface area (Å²) in [5, 5.41) is 0. The average molecular weight is 438 g/mol. The van der Waals surface area contributed by atoms with Gasteiger partial charge in [-0.1, -0.05) is 19.9 Å². The van der Waals surface area contributed by atoms with Crippen LogP contribution < -0.4 is 9.47 Å². The predicted octanol–water partition coefficient (Wildman–Crippen LogP) is 3.40. The van der Waals surface area contributed by atoms with Gasteiger partial charge >= 0.3 is 0 Å². The monoisotopic (exact) mass is 437 g/mol. The van der Waals surface area contributed by atoms with Gasteiger partial charge in [-0.25, -0.2) is 0 Å². The summed E-state index contributed by atoms with van der Waals surface area (Å²) in [7, 11) is 3.12. The average Bonchev–Trinajstić information content (AvgIpc) is 3.04. The Labute approximate surface area is 189 Å². The summed E-state index contributed by atoms with van der Waals surface area (Å²) in [6.45, 7) is 7.58. The molecule has 2 amide bonds. The molecule has 0 fully saturated rings. The number of benzene rings is 1. The van der Waals surface area contributed by atoms with Gasteiger partial charge in [-0.3, -0.25) is 19.5 Å². The fraction of sp³-hybridized carbons (Fsp3) is 0.400. The van der Waals surface area contributed by atoms with Crippen LogP contribution in [0.1, 0.15) is 31.9 Å². The molecule has 0 spiro atoms. The lowest BCUT2D eigenvalue weighted by atomic mass is 10.0. The molecule has 7 nitrogen and oxygen atoms in total. The lowest BCUT2D eigenvalue weighted by Gasteiger charge is -2.25. The van der Waals surface area contributed by atoms with Crippen molar-refractivity contribution < 1.29 is 19.1 Å². The van der Waals surface area contributed by atoms with Crippen molar-refractivity contribution in [2.75, 3.05) is 33.9 Å². The van der Waals surface area contributed by atoms with Crippen molar-refractivity contribution in [3.05, 3.63) is 59.5 Å². The second-order valence-corrected chi connectivity index (χ2v) is 8.09. The summed E-state index contributed by atoms with van der Waals surface area (Å²) < 4.78 is 10.8. The highest BCUT2D eigenvalue weighted by atomic mass is 16.5. The fourth-order valence-corrected chi connectivity index (χ4v) is 3.88. The molecule has 2 heterocycles. The molecule has 0 saturated carbocycles. The first-order valence-electron chi connectivity index (χ1n) is 10.9. The maximum atomic E-state index is 13.5. The van der Waals surface area contributed by atoms with Crippen LogP contribution in [0.2, 0.25) is 0 Å². The van der Waals surface area contributed by atoms with Gasteiger partial charge in [0.05, 0.1) is 19.8 Å². The number of amides is 2. The maximum Gasteiger partial charge on any atom is 0.277 e. The quantitative estimate of drug-likeness (QED) is 0.531. The number of hydrogen-bond acceptors (Lipinski definition) is 6. The predicted molar refractivity (Wildman–Crippen MR) is 123 cm³/mol. The van der Waals surface area contributed by atoms with E-state index >= 15 is 0 Å². The number of nitrogens with zero attached hydrogens (tertiary/aromatic N) is 3. The van der Waals surface area contributed by atoms with E-state index in [0.29, 0.717) is 48.0 Å². The third-order valence-corrected chi connectivity index (χ3v) is 5.48. The van der Waals surface area contributed by atoms with Gasteiger partial charge in [-0.05, 0) is 54.7 Å². The fourth-order valence-electron chi connectivity index (χ4n) is 3.88. The van der Waals surface area contributed by atoms with E-state index in [9.17, 15) is 9.59 Å². The molecule has 1 aromatic carbocycles. The Morgan fingerprint density at radius 3 is 2.28 bits per heavy atom. The van der Waals surface area contributed by atoms with E-state index in [1.807, 2.05) is 37.8 Å². The molecule has 0 aliphatic carbocycles. The minimum atomic E-state index is -0.270. The first kappa shape index (κ1) is 23.3. The van der Waals surface area contributed by atoms with Crippen LogP contribution >= 0.6 is 0 Å². The Morgan fingerprint density at radius 1 is 1.00 bits per heavy atom. The summed E-state index contributed by atoms with van der Waals surface area (Å²) in [5.74, 6) is 0.734. The van der Waals surface area contributed by atoms with Crippen molar-refractivity contribution in [3.8, 4) is 11.5 Å². The number of carbonyl (C=O) groups is 2. The zero-order chi connectivity index (χ0) is 23.3. The van der Waals surface area contributed by atoms with Crippen LogP contribution in [0, 0.1) is 5.92 Å². The minimum Gasteiger partial charge on any atom is -0.493 e. The molecule has 0 unspecified atom stereocenters. The summed E-state index contributed by atoms with van der Waals surface area (Å²) >= 11 is 0. The Hall–Kier alpha value is -3.35. The van der Waals surface area contributed by atoms with Crippen LogP contribution in [-0.2, 0) is 16.0 Å². The standard InChI is InChI=1S/C25H31N3O4/c1-6-27(14-11-18-9-12-26-13-10-18)23-22(24(29)28(25(23)30)16-17(2)3)19-7-8-20(31-4)21(15-19)32-5/h7-10,12-13,15,17H,6,11,14,16H2,1-5H3. The van der Waals surface area contributed by atoms with E-state index in [1.54, 1.807) is 44.8 Å². The second kappa shape index (κ2) is 10.3. The molecule has 32 heavy (non-hydrogen) atoms. The van der Waals surface area contributed by atoms with Crippen LogP contribution in [0.25, 0.3) is 5.57 Å². The Bertz CT molecular complexity index is 1000. The Morgan fingerprint density at radius 2 is 1.69 bits per heavy atom. The number of ether oxygens (including phenoxy) is 2. The number of imide groups is 1. The van der Waals surface area contributed by atoms with Crippen molar-refractivity contribution in [2.24, 2.45) is 5.92 Å². The highest BCUT2D eigenvalue weighted by Crippen LogP contribution is 2.36. The Kier molecular flexibility index (Phi) is 7.51. The molecule has 1 aromatic heterocycles. The van der Waals surface area contributed by atoms with E-state index in [2.05, 4.69) is 4.98 Å². The van der Waals surface area contributed by atoms with Crippen LogP contribution in [0.4, 0.5) is 0 Å². The molecular weight excluding hydrogens is 406 g/mol. The summed E-state index contributed by atoms with van der Waals surface area (Å²) in [4.78, 5) is 34.3. The number of methoxy groups -OCH3 is 2. The smallest absolute Gasteiger partial charge is 0.277 e. The first-order valence-corrected chi connectivity index (χ1v) is 10.9. The van der Waals surface area contributed by atoms with Gasteiger partial charge in [0.15, 0.2) is 11.5 Å². The molecule has 0 atom stereocenters. The van der Waals surface area contributed by atoms with Gasteiger partial charge in [-0.2, -0.15) is 0 Å². The van der Waals surface area contributed by atoms with Crippen molar-refractivity contribution in [3.63, 3.8) is 0 Å². The van der Waals surface area contributed by atoms with Crippen molar-refractivity contribution >= 4 is 17.4 Å². The summed E-state index contributed by atoms with van der Waals surface area (Å²) in [6, 6.07) is 9.25. The first-order chi connectivity index (χ1) is 15.4. The molecule has 0 radical (unpaired) electrons. The topological polar surface area (TPSA) is 72.0 Å².